The Kier molecular flexibility index (Phi) is 6.59. The highest BCUT2D eigenvalue weighted by atomic mass is 32.1. The number of aromatic nitrogens is 3. The molecular weight excluding hydrogens is 474 g/mol. The molecule has 1 amide bonds. The van der Waals surface area contributed by atoms with Crippen LogP contribution in [-0.2, 0) is 4.74 Å². The molecule has 190 valence electrons. The molecule has 1 N–H and O–H groups in total. The van der Waals surface area contributed by atoms with Crippen molar-refractivity contribution in [3.05, 3.63) is 41.5 Å². The summed E-state index contributed by atoms with van der Waals surface area (Å²) in [6, 6.07) is 9.76. The van der Waals surface area contributed by atoms with Crippen molar-refractivity contribution in [3.63, 3.8) is 0 Å². The Labute approximate surface area is 215 Å². The van der Waals surface area contributed by atoms with Gasteiger partial charge in [0.25, 0.3) is 0 Å². The fraction of sp³-hybridized carbons (Fsp3) is 0.481. The average Bonchev–Trinajstić information content (AvgIpc) is 3.44. The van der Waals surface area contributed by atoms with Gasteiger partial charge in [-0.25, -0.2) is 9.78 Å². The molecule has 3 heterocycles. The van der Waals surface area contributed by atoms with E-state index in [0.717, 1.165) is 53.5 Å². The lowest BCUT2D eigenvalue weighted by Gasteiger charge is -2.41. The van der Waals surface area contributed by atoms with Gasteiger partial charge in [-0.1, -0.05) is 6.07 Å². The molecule has 1 aliphatic carbocycles. The maximum absolute atomic E-state index is 13.0. The summed E-state index contributed by atoms with van der Waals surface area (Å²) in [5.74, 6) is 0.936. The molecule has 1 aliphatic heterocycles. The number of aromatic hydroxyl groups is 1. The van der Waals surface area contributed by atoms with Crippen molar-refractivity contribution in [2.24, 2.45) is 0 Å². The van der Waals surface area contributed by atoms with Gasteiger partial charge in [-0.3, -0.25) is 0 Å². The van der Waals surface area contributed by atoms with E-state index < -0.39 is 5.60 Å². The van der Waals surface area contributed by atoms with Crippen LogP contribution >= 0.6 is 11.3 Å². The Morgan fingerprint density at radius 2 is 1.94 bits per heavy atom. The van der Waals surface area contributed by atoms with Gasteiger partial charge in [-0.2, -0.15) is 0 Å². The number of ether oxygens (including phenoxy) is 1. The first kappa shape index (κ1) is 24.5. The highest BCUT2D eigenvalue weighted by molar-refractivity contribution is 7.15. The van der Waals surface area contributed by atoms with Crippen LogP contribution < -0.4 is 4.90 Å². The van der Waals surface area contributed by atoms with E-state index >= 15 is 0 Å². The standard InChI is InChI=1S/C27H33N5O3S/c1-17-28-15-24(36-17)18-8-9-21(23(33)14-18)22-10-11-25(30-29-22)31-13-12-20(16-31)32(19-6-5-7-19)26(34)35-27(2,3)4/h8-11,14-15,19-20,33H,5-7,12-13,16H2,1-4H3/t20-/m1/s1. The molecular formula is C27H33N5O3S. The van der Waals surface area contributed by atoms with Crippen LogP contribution in [0.5, 0.6) is 5.75 Å². The number of rotatable bonds is 5. The van der Waals surface area contributed by atoms with Gasteiger partial charge in [0.15, 0.2) is 5.82 Å². The zero-order valence-electron chi connectivity index (χ0n) is 21.3. The van der Waals surface area contributed by atoms with Crippen LogP contribution in [0.15, 0.2) is 36.5 Å². The van der Waals surface area contributed by atoms with Gasteiger partial charge in [0, 0.05) is 30.9 Å². The van der Waals surface area contributed by atoms with Crippen LogP contribution in [0.1, 0.15) is 51.5 Å². The lowest BCUT2D eigenvalue weighted by molar-refractivity contribution is -0.00351. The molecule has 36 heavy (non-hydrogen) atoms. The molecule has 0 bridgehead atoms. The number of carbonyl (C=O) groups excluding carboxylic acids is 1. The number of hydrogen-bond acceptors (Lipinski definition) is 8. The molecule has 2 aromatic heterocycles. The van der Waals surface area contributed by atoms with E-state index in [-0.39, 0.29) is 23.9 Å². The first-order chi connectivity index (χ1) is 17.2. The van der Waals surface area contributed by atoms with E-state index in [1.807, 2.05) is 63.1 Å². The molecule has 0 spiro atoms. The van der Waals surface area contributed by atoms with Crippen LogP contribution in [0.2, 0.25) is 0 Å². The minimum atomic E-state index is -0.512. The summed E-state index contributed by atoms with van der Waals surface area (Å²) >= 11 is 1.59. The summed E-state index contributed by atoms with van der Waals surface area (Å²) in [7, 11) is 0. The second-order valence-corrected chi connectivity index (χ2v) is 11.8. The van der Waals surface area contributed by atoms with E-state index in [4.69, 9.17) is 4.74 Å². The minimum absolute atomic E-state index is 0.0959. The molecule has 1 saturated heterocycles. The van der Waals surface area contributed by atoms with Crippen molar-refractivity contribution in [1.82, 2.24) is 20.1 Å². The highest BCUT2D eigenvalue weighted by Crippen LogP contribution is 2.35. The average molecular weight is 508 g/mol. The molecule has 9 heteroatoms. The largest absolute Gasteiger partial charge is 0.507 e. The monoisotopic (exact) mass is 507 g/mol. The third kappa shape index (κ3) is 5.16. The zero-order chi connectivity index (χ0) is 25.4. The zero-order valence-corrected chi connectivity index (χ0v) is 22.1. The number of nitrogens with zero attached hydrogens (tertiary/aromatic N) is 5. The van der Waals surface area contributed by atoms with E-state index in [2.05, 4.69) is 20.1 Å². The van der Waals surface area contributed by atoms with Crippen LogP contribution in [0.25, 0.3) is 21.7 Å². The van der Waals surface area contributed by atoms with Crippen molar-refractivity contribution in [2.45, 2.75) is 71.1 Å². The maximum atomic E-state index is 13.0. The van der Waals surface area contributed by atoms with Crippen molar-refractivity contribution < 1.29 is 14.6 Å². The predicted octanol–water partition coefficient (Wildman–Crippen LogP) is 5.65. The molecule has 1 atom stereocenters. The number of anilines is 1. The van der Waals surface area contributed by atoms with Gasteiger partial charge in [-0.15, -0.1) is 21.5 Å². The Morgan fingerprint density at radius 3 is 2.53 bits per heavy atom. The number of thiazole rings is 1. The second kappa shape index (κ2) is 9.69. The molecule has 5 rings (SSSR count). The molecule has 0 radical (unpaired) electrons. The van der Waals surface area contributed by atoms with Crippen molar-refractivity contribution >= 4 is 23.2 Å². The van der Waals surface area contributed by atoms with E-state index in [9.17, 15) is 9.90 Å². The van der Waals surface area contributed by atoms with Crippen LogP contribution in [-0.4, -0.2) is 62.1 Å². The third-order valence-electron chi connectivity index (χ3n) is 6.78. The molecule has 1 saturated carbocycles. The Morgan fingerprint density at radius 1 is 1.14 bits per heavy atom. The summed E-state index contributed by atoms with van der Waals surface area (Å²) in [6.07, 6.45) is 5.71. The van der Waals surface area contributed by atoms with Crippen molar-refractivity contribution in [1.29, 1.82) is 0 Å². The topological polar surface area (TPSA) is 91.7 Å². The SMILES string of the molecule is Cc1ncc(-c2ccc(-c3ccc(N4CC[C@@H](N(C(=O)OC(C)(C)C)C5CCC5)C4)nn3)c(O)c2)s1. The van der Waals surface area contributed by atoms with Gasteiger partial charge in [0.1, 0.15) is 11.4 Å². The quantitative estimate of drug-likeness (QED) is 0.477. The first-order valence-electron chi connectivity index (χ1n) is 12.5. The molecule has 0 unspecified atom stereocenters. The smallest absolute Gasteiger partial charge is 0.410 e. The number of carbonyl (C=O) groups is 1. The van der Waals surface area contributed by atoms with Crippen molar-refractivity contribution in [2.75, 3.05) is 18.0 Å². The number of benzene rings is 1. The Balaban J connectivity index is 1.28. The summed E-state index contributed by atoms with van der Waals surface area (Å²) in [5.41, 5.74) is 1.67. The maximum Gasteiger partial charge on any atom is 0.410 e. The van der Waals surface area contributed by atoms with E-state index in [1.54, 1.807) is 17.4 Å². The lowest BCUT2D eigenvalue weighted by atomic mass is 9.90. The highest BCUT2D eigenvalue weighted by Gasteiger charge is 2.40. The summed E-state index contributed by atoms with van der Waals surface area (Å²) in [6.45, 7) is 9.20. The van der Waals surface area contributed by atoms with Gasteiger partial charge >= 0.3 is 6.09 Å². The predicted molar refractivity (Wildman–Crippen MR) is 141 cm³/mol. The van der Waals surface area contributed by atoms with Gasteiger partial charge < -0.3 is 19.6 Å². The van der Waals surface area contributed by atoms with Crippen LogP contribution in [0.4, 0.5) is 10.6 Å². The van der Waals surface area contributed by atoms with E-state index in [0.29, 0.717) is 17.8 Å². The number of hydrogen-bond donors (Lipinski definition) is 1. The number of amides is 1. The van der Waals surface area contributed by atoms with E-state index in [1.165, 1.54) is 0 Å². The number of phenolic OH excluding ortho intramolecular Hbond substituents is 1. The molecule has 2 fully saturated rings. The van der Waals surface area contributed by atoms with Crippen LogP contribution in [0.3, 0.4) is 0 Å². The lowest BCUT2D eigenvalue weighted by Crippen LogP contribution is -2.52. The Bertz CT molecular complexity index is 1230. The van der Waals surface area contributed by atoms with Crippen molar-refractivity contribution in [3.8, 4) is 27.4 Å². The Hall–Kier alpha value is -3.20. The fourth-order valence-electron chi connectivity index (χ4n) is 4.79. The molecule has 2 aliphatic rings. The third-order valence-corrected chi connectivity index (χ3v) is 7.74. The minimum Gasteiger partial charge on any atom is -0.507 e. The van der Waals surface area contributed by atoms with Gasteiger partial charge in [0.2, 0.25) is 0 Å². The number of aryl methyl sites for hydroxylation is 1. The molecule has 3 aromatic rings. The molecule has 1 aromatic carbocycles. The fourth-order valence-corrected chi connectivity index (χ4v) is 5.56. The summed E-state index contributed by atoms with van der Waals surface area (Å²) in [5, 5.41) is 20.5. The first-order valence-corrected chi connectivity index (χ1v) is 13.4. The summed E-state index contributed by atoms with van der Waals surface area (Å²) < 4.78 is 5.74. The second-order valence-electron chi connectivity index (χ2n) is 10.6. The van der Waals surface area contributed by atoms with Gasteiger partial charge in [-0.05, 0) is 83.2 Å². The van der Waals surface area contributed by atoms with Crippen LogP contribution in [0, 0.1) is 6.92 Å². The number of phenols is 1. The van der Waals surface area contributed by atoms with Gasteiger partial charge in [0.05, 0.1) is 21.6 Å². The summed E-state index contributed by atoms with van der Waals surface area (Å²) in [4.78, 5) is 22.5. The molecule has 8 nitrogen and oxygen atoms in total. The normalized spacial score (nSPS) is 18.2.